The minimum atomic E-state index is 0.0380. The summed E-state index contributed by atoms with van der Waals surface area (Å²) in [7, 11) is 0. The Morgan fingerprint density at radius 1 is 1.21 bits per heavy atom. The van der Waals surface area contributed by atoms with Crippen molar-refractivity contribution in [3.8, 4) is 6.07 Å². The molecule has 24 heavy (non-hydrogen) atoms. The number of hydrogen-bond acceptors (Lipinski definition) is 3. The molecule has 0 aliphatic carbocycles. The molecule has 2 aromatic rings. The van der Waals surface area contributed by atoms with Gasteiger partial charge in [0.15, 0.2) is 0 Å². The van der Waals surface area contributed by atoms with Gasteiger partial charge < -0.3 is 10.2 Å². The van der Waals surface area contributed by atoms with E-state index in [0.717, 1.165) is 30.6 Å². The van der Waals surface area contributed by atoms with Crippen LogP contribution in [0, 0.1) is 25.2 Å². The van der Waals surface area contributed by atoms with Crippen molar-refractivity contribution in [1.29, 1.82) is 5.26 Å². The molecule has 3 rings (SSSR count). The molecule has 1 unspecified atom stereocenters. The second kappa shape index (κ2) is 6.20. The van der Waals surface area contributed by atoms with E-state index < -0.39 is 0 Å². The zero-order valence-corrected chi connectivity index (χ0v) is 15.0. The van der Waals surface area contributed by atoms with Gasteiger partial charge in [-0.25, -0.2) is 0 Å². The summed E-state index contributed by atoms with van der Waals surface area (Å²) in [6.45, 7) is 10.5. The highest BCUT2D eigenvalue weighted by molar-refractivity contribution is 5.75. The van der Waals surface area contributed by atoms with Gasteiger partial charge in [-0.2, -0.15) is 5.26 Å². The summed E-state index contributed by atoms with van der Waals surface area (Å²) in [5.74, 6) is 0. The van der Waals surface area contributed by atoms with E-state index in [1.165, 1.54) is 22.5 Å². The van der Waals surface area contributed by atoms with E-state index in [0.29, 0.717) is 0 Å². The molecule has 0 spiro atoms. The Morgan fingerprint density at radius 3 is 2.62 bits per heavy atom. The Bertz CT molecular complexity index is 803. The molecule has 1 aliphatic heterocycles. The highest BCUT2D eigenvalue weighted by Crippen LogP contribution is 2.38. The van der Waals surface area contributed by atoms with E-state index in [4.69, 9.17) is 0 Å². The number of fused-ring (bicyclic) bond motifs is 1. The average molecular weight is 319 g/mol. The van der Waals surface area contributed by atoms with Crippen molar-refractivity contribution >= 4 is 11.4 Å². The van der Waals surface area contributed by atoms with Crippen LogP contribution in [0.5, 0.6) is 0 Å². The van der Waals surface area contributed by atoms with Crippen molar-refractivity contribution in [3.63, 3.8) is 0 Å². The molecule has 0 amide bonds. The lowest BCUT2D eigenvalue weighted by molar-refractivity contribution is 0.471. The molecule has 1 aliphatic rings. The van der Waals surface area contributed by atoms with Crippen molar-refractivity contribution in [3.05, 3.63) is 58.7 Å². The number of anilines is 2. The van der Waals surface area contributed by atoms with E-state index in [1.807, 2.05) is 18.2 Å². The predicted molar refractivity (Wildman–Crippen MR) is 100 cm³/mol. The quantitative estimate of drug-likeness (QED) is 0.885. The van der Waals surface area contributed by atoms with Gasteiger partial charge in [0.05, 0.1) is 28.5 Å². The van der Waals surface area contributed by atoms with Gasteiger partial charge in [0.25, 0.3) is 0 Å². The molecule has 1 heterocycles. The Kier molecular flexibility index (Phi) is 4.24. The van der Waals surface area contributed by atoms with Gasteiger partial charge in [-0.15, -0.1) is 0 Å². The molecule has 3 heteroatoms. The highest BCUT2D eigenvalue weighted by atomic mass is 15.2. The van der Waals surface area contributed by atoms with Crippen LogP contribution in [-0.2, 0) is 6.54 Å². The van der Waals surface area contributed by atoms with Crippen LogP contribution in [-0.4, -0.2) is 12.1 Å². The third-order valence-corrected chi connectivity index (χ3v) is 5.21. The van der Waals surface area contributed by atoms with Crippen LogP contribution in [0.1, 0.15) is 42.5 Å². The molecule has 1 N–H and O–H groups in total. The van der Waals surface area contributed by atoms with Crippen molar-refractivity contribution in [2.75, 3.05) is 16.8 Å². The molecule has 2 aromatic carbocycles. The maximum Gasteiger partial charge on any atom is 0.0995 e. The van der Waals surface area contributed by atoms with E-state index in [9.17, 15) is 5.26 Å². The topological polar surface area (TPSA) is 39.1 Å². The molecule has 0 bridgehead atoms. The minimum absolute atomic E-state index is 0.0380. The van der Waals surface area contributed by atoms with Crippen molar-refractivity contribution in [2.45, 2.75) is 46.2 Å². The average Bonchev–Trinajstić information content (AvgIpc) is 2.57. The minimum Gasteiger partial charge on any atom is -0.376 e. The van der Waals surface area contributed by atoms with Crippen LogP contribution < -0.4 is 10.2 Å². The van der Waals surface area contributed by atoms with Crippen LogP contribution in [0.4, 0.5) is 11.4 Å². The van der Waals surface area contributed by atoms with Gasteiger partial charge in [-0.1, -0.05) is 25.1 Å². The largest absolute Gasteiger partial charge is 0.376 e. The number of nitrogens with one attached hydrogen (secondary N) is 1. The first-order valence-electron chi connectivity index (χ1n) is 8.58. The lowest BCUT2D eigenvalue weighted by Crippen LogP contribution is -2.50. The SMILES string of the molecule is CCC1(C)CN(Cc2ccccc2C#N)c2cc(C)c(C)cc2N1. The van der Waals surface area contributed by atoms with Gasteiger partial charge in [0.2, 0.25) is 0 Å². The molecular weight excluding hydrogens is 294 g/mol. The fourth-order valence-corrected chi connectivity index (χ4v) is 3.35. The van der Waals surface area contributed by atoms with E-state index >= 15 is 0 Å². The summed E-state index contributed by atoms with van der Waals surface area (Å²) in [6.07, 6.45) is 1.05. The van der Waals surface area contributed by atoms with Crippen LogP contribution in [0.25, 0.3) is 0 Å². The van der Waals surface area contributed by atoms with Gasteiger partial charge >= 0.3 is 0 Å². The van der Waals surface area contributed by atoms with Gasteiger partial charge in [0, 0.05) is 13.1 Å². The Hall–Kier alpha value is -2.47. The van der Waals surface area contributed by atoms with E-state index in [1.54, 1.807) is 0 Å². The summed E-state index contributed by atoms with van der Waals surface area (Å²) < 4.78 is 0. The van der Waals surface area contributed by atoms with Crippen LogP contribution >= 0.6 is 0 Å². The summed E-state index contributed by atoms with van der Waals surface area (Å²) in [5, 5.41) is 13.1. The maximum atomic E-state index is 9.39. The first-order valence-corrected chi connectivity index (χ1v) is 8.58. The Balaban J connectivity index is 2.04. The lowest BCUT2D eigenvalue weighted by atomic mass is 9.92. The van der Waals surface area contributed by atoms with E-state index in [-0.39, 0.29) is 5.54 Å². The normalized spacial score (nSPS) is 19.4. The zero-order valence-electron chi connectivity index (χ0n) is 15.0. The third kappa shape index (κ3) is 2.97. The molecule has 0 fully saturated rings. The highest BCUT2D eigenvalue weighted by Gasteiger charge is 2.32. The van der Waals surface area contributed by atoms with E-state index in [2.05, 4.69) is 62.2 Å². The first-order chi connectivity index (χ1) is 11.5. The Labute approximate surface area is 144 Å². The summed E-state index contributed by atoms with van der Waals surface area (Å²) >= 11 is 0. The fraction of sp³-hybridized carbons (Fsp3) is 0.381. The standard InChI is InChI=1S/C21H25N3/c1-5-21(4)14-24(13-18-9-7-6-8-17(18)12-22)20-11-16(3)15(2)10-19(20)23-21/h6-11,23H,5,13-14H2,1-4H3. The molecule has 3 nitrogen and oxygen atoms in total. The second-order valence-electron chi connectivity index (χ2n) is 7.12. The van der Waals surface area contributed by atoms with Gasteiger partial charge in [-0.3, -0.25) is 0 Å². The first kappa shape index (κ1) is 16.4. The van der Waals surface area contributed by atoms with Crippen LogP contribution in [0.15, 0.2) is 36.4 Å². The number of rotatable bonds is 3. The summed E-state index contributed by atoms with van der Waals surface area (Å²) in [6, 6.07) is 14.7. The van der Waals surface area contributed by atoms with Gasteiger partial charge in [0.1, 0.15) is 0 Å². The number of nitrogens with zero attached hydrogens (tertiary/aromatic N) is 2. The summed E-state index contributed by atoms with van der Waals surface area (Å²) in [4.78, 5) is 2.41. The van der Waals surface area contributed by atoms with Crippen LogP contribution in [0.3, 0.4) is 0 Å². The molecule has 1 atom stereocenters. The number of aryl methyl sites for hydroxylation is 2. The third-order valence-electron chi connectivity index (χ3n) is 5.21. The smallest absolute Gasteiger partial charge is 0.0995 e. The second-order valence-corrected chi connectivity index (χ2v) is 7.12. The monoisotopic (exact) mass is 319 g/mol. The lowest BCUT2D eigenvalue weighted by Gasteiger charge is -2.44. The molecular formula is C21H25N3. The number of hydrogen-bond donors (Lipinski definition) is 1. The maximum absolute atomic E-state index is 9.39. The van der Waals surface area contributed by atoms with Crippen molar-refractivity contribution in [2.24, 2.45) is 0 Å². The number of benzene rings is 2. The molecule has 0 radical (unpaired) electrons. The van der Waals surface area contributed by atoms with Crippen molar-refractivity contribution in [1.82, 2.24) is 0 Å². The fourth-order valence-electron chi connectivity index (χ4n) is 3.35. The molecule has 0 aromatic heterocycles. The summed E-state index contributed by atoms with van der Waals surface area (Å²) in [5.41, 5.74) is 6.92. The zero-order chi connectivity index (χ0) is 17.3. The van der Waals surface area contributed by atoms with Gasteiger partial charge in [-0.05, 0) is 62.1 Å². The van der Waals surface area contributed by atoms with Crippen molar-refractivity contribution < 1.29 is 0 Å². The molecule has 0 saturated carbocycles. The molecule has 124 valence electrons. The predicted octanol–water partition coefficient (Wildman–Crippen LogP) is 4.78. The molecule has 0 saturated heterocycles. The van der Waals surface area contributed by atoms with Crippen LogP contribution in [0.2, 0.25) is 0 Å². The number of nitriles is 1. The Morgan fingerprint density at radius 2 is 1.92 bits per heavy atom.